The minimum absolute atomic E-state index is 0.435. The number of rotatable bonds is 4. The number of nitrogens with zero attached hydrogens (tertiary/aromatic N) is 2. The lowest BCUT2D eigenvalue weighted by Gasteiger charge is -2.25. The van der Waals surface area contributed by atoms with Crippen molar-refractivity contribution in [2.45, 2.75) is 66.2 Å². The molecule has 0 saturated heterocycles. The molecular formula is C14H28N2Si. The molecule has 0 radical (unpaired) electrons. The van der Waals surface area contributed by atoms with E-state index in [0.717, 1.165) is 0 Å². The molecule has 0 N–H and O–H groups in total. The van der Waals surface area contributed by atoms with E-state index in [2.05, 4.69) is 64.7 Å². The molecule has 0 aliphatic rings. The summed E-state index contributed by atoms with van der Waals surface area (Å²) < 4.78 is 2.08. The van der Waals surface area contributed by atoms with E-state index in [1.165, 1.54) is 17.8 Å². The van der Waals surface area contributed by atoms with Crippen LogP contribution in [0.2, 0.25) is 19.1 Å². The number of aromatic nitrogens is 2. The Balaban J connectivity index is 2.75. The van der Waals surface area contributed by atoms with Crippen molar-refractivity contribution in [3.8, 4) is 0 Å². The van der Waals surface area contributed by atoms with Gasteiger partial charge in [-0.3, -0.25) is 4.68 Å². The monoisotopic (exact) mass is 252 g/mol. The zero-order chi connectivity index (χ0) is 13.3. The van der Waals surface area contributed by atoms with Gasteiger partial charge in [0.15, 0.2) is 0 Å². The molecule has 0 spiro atoms. The molecule has 1 aromatic rings. The van der Waals surface area contributed by atoms with Gasteiger partial charge in [0.05, 0.1) is 0 Å². The van der Waals surface area contributed by atoms with Gasteiger partial charge in [-0.05, 0) is 25.3 Å². The zero-order valence-electron chi connectivity index (χ0n) is 12.5. The third-order valence-electron chi connectivity index (χ3n) is 3.33. The van der Waals surface area contributed by atoms with Crippen LogP contribution in [0.4, 0.5) is 0 Å². The Kier molecular flexibility index (Phi) is 4.23. The molecule has 1 rings (SSSR count). The summed E-state index contributed by atoms with van der Waals surface area (Å²) in [5.41, 5.74) is 0.435. The predicted molar refractivity (Wildman–Crippen MR) is 78.6 cm³/mol. The van der Waals surface area contributed by atoms with Gasteiger partial charge in [-0.15, -0.1) is 0 Å². The van der Waals surface area contributed by atoms with E-state index in [4.69, 9.17) is 5.10 Å². The standard InChI is InChI=1S/C14H28N2Si/c1-12(2)16-10-8-13(15-16)17(6,7)11-9-14(3,4)5/h8,10,12H,9,11H2,1-7H3. The fourth-order valence-electron chi connectivity index (χ4n) is 1.80. The Hall–Kier alpha value is -0.573. The summed E-state index contributed by atoms with van der Waals surface area (Å²) in [6, 6.07) is 4.02. The smallest absolute Gasteiger partial charge is 0.107 e. The molecule has 98 valence electrons. The Morgan fingerprint density at radius 1 is 1.29 bits per heavy atom. The summed E-state index contributed by atoms with van der Waals surface area (Å²) in [5, 5.41) is 6.12. The summed E-state index contributed by atoms with van der Waals surface area (Å²) in [5.74, 6) is 0. The molecule has 0 bridgehead atoms. The fraction of sp³-hybridized carbons (Fsp3) is 0.786. The van der Waals surface area contributed by atoms with E-state index in [0.29, 0.717) is 11.5 Å². The van der Waals surface area contributed by atoms with E-state index in [9.17, 15) is 0 Å². The molecule has 0 aliphatic heterocycles. The molecule has 17 heavy (non-hydrogen) atoms. The molecule has 0 amide bonds. The second-order valence-corrected chi connectivity index (χ2v) is 12.0. The summed E-state index contributed by atoms with van der Waals surface area (Å²) in [6.45, 7) is 16.2. The van der Waals surface area contributed by atoms with Crippen LogP contribution in [0.5, 0.6) is 0 Å². The van der Waals surface area contributed by atoms with Crippen LogP contribution in [0, 0.1) is 5.41 Å². The summed E-state index contributed by atoms with van der Waals surface area (Å²) in [7, 11) is -1.35. The first kappa shape index (κ1) is 14.5. The Morgan fingerprint density at radius 2 is 1.88 bits per heavy atom. The Labute approximate surface area is 107 Å². The molecule has 0 aliphatic carbocycles. The van der Waals surface area contributed by atoms with Crippen molar-refractivity contribution in [2.24, 2.45) is 5.41 Å². The van der Waals surface area contributed by atoms with E-state index >= 15 is 0 Å². The Morgan fingerprint density at radius 3 is 2.29 bits per heavy atom. The van der Waals surface area contributed by atoms with Crippen LogP contribution in [0.25, 0.3) is 0 Å². The van der Waals surface area contributed by atoms with Crippen molar-refractivity contribution in [3.05, 3.63) is 12.3 Å². The third kappa shape index (κ3) is 4.30. The molecule has 0 unspecified atom stereocenters. The summed E-state index contributed by atoms with van der Waals surface area (Å²) in [4.78, 5) is 0. The minimum Gasteiger partial charge on any atom is -0.270 e. The first-order valence-corrected chi connectivity index (χ1v) is 9.88. The van der Waals surface area contributed by atoms with Gasteiger partial charge >= 0.3 is 0 Å². The van der Waals surface area contributed by atoms with E-state index in [-0.39, 0.29) is 0 Å². The summed E-state index contributed by atoms with van der Waals surface area (Å²) in [6.07, 6.45) is 3.42. The van der Waals surface area contributed by atoms with Gasteiger partial charge in [0.2, 0.25) is 0 Å². The lowest BCUT2D eigenvalue weighted by atomic mass is 9.94. The largest absolute Gasteiger partial charge is 0.270 e. The SMILES string of the molecule is CC(C)n1ccc([Si](C)(C)CCC(C)(C)C)n1. The number of hydrogen-bond acceptors (Lipinski definition) is 1. The average molecular weight is 252 g/mol. The van der Waals surface area contributed by atoms with Crippen molar-refractivity contribution in [1.29, 1.82) is 0 Å². The highest BCUT2D eigenvalue weighted by Gasteiger charge is 2.28. The van der Waals surface area contributed by atoms with Crippen molar-refractivity contribution < 1.29 is 0 Å². The van der Waals surface area contributed by atoms with Crippen LogP contribution in [-0.4, -0.2) is 17.9 Å². The molecule has 0 aromatic carbocycles. The van der Waals surface area contributed by atoms with Crippen molar-refractivity contribution in [1.82, 2.24) is 9.78 Å². The van der Waals surface area contributed by atoms with Crippen LogP contribution in [0.1, 0.15) is 47.1 Å². The summed E-state index contributed by atoms with van der Waals surface area (Å²) >= 11 is 0. The molecule has 0 saturated carbocycles. The van der Waals surface area contributed by atoms with E-state index in [1.807, 2.05) is 0 Å². The van der Waals surface area contributed by atoms with E-state index in [1.54, 1.807) is 0 Å². The molecule has 1 heterocycles. The van der Waals surface area contributed by atoms with Gasteiger partial charge in [0.1, 0.15) is 8.07 Å². The van der Waals surface area contributed by atoms with Crippen LogP contribution in [-0.2, 0) is 0 Å². The molecule has 0 atom stereocenters. The second kappa shape index (κ2) is 4.97. The van der Waals surface area contributed by atoms with E-state index < -0.39 is 8.07 Å². The van der Waals surface area contributed by atoms with Crippen LogP contribution in [0.3, 0.4) is 0 Å². The van der Waals surface area contributed by atoms with Gasteiger partial charge < -0.3 is 0 Å². The third-order valence-corrected chi connectivity index (χ3v) is 6.48. The van der Waals surface area contributed by atoms with Crippen LogP contribution >= 0.6 is 0 Å². The van der Waals surface area contributed by atoms with Gasteiger partial charge in [-0.2, -0.15) is 5.10 Å². The molecular weight excluding hydrogens is 224 g/mol. The average Bonchev–Trinajstić information content (AvgIpc) is 2.63. The molecule has 2 nitrogen and oxygen atoms in total. The maximum absolute atomic E-state index is 4.76. The van der Waals surface area contributed by atoms with Gasteiger partial charge in [0.25, 0.3) is 0 Å². The van der Waals surface area contributed by atoms with Crippen LogP contribution < -0.4 is 5.32 Å². The highest BCUT2D eigenvalue weighted by atomic mass is 28.3. The lowest BCUT2D eigenvalue weighted by molar-refractivity contribution is 0.395. The van der Waals surface area contributed by atoms with Crippen molar-refractivity contribution >= 4 is 13.4 Å². The molecule has 0 fully saturated rings. The first-order valence-electron chi connectivity index (χ1n) is 6.67. The zero-order valence-corrected chi connectivity index (χ0v) is 13.5. The lowest BCUT2D eigenvalue weighted by Crippen LogP contribution is -2.43. The number of hydrogen-bond donors (Lipinski definition) is 0. The predicted octanol–water partition coefficient (Wildman–Crippen LogP) is 3.82. The van der Waals surface area contributed by atoms with Crippen molar-refractivity contribution in [3.63, 3.8) is 0 Å². The van der Waals surface area contributed by atoms with Crippen molar-refractivity contribution in [2.75, 3.05) is 0 Å². The first-order chi connectivity index (χ1) is 7.62. The molecule has 1 aromatic heterocycles. The van der Waals surface area contributed by atoms with Gasteiger partial charge in [0, 0.05) is 17.6 Å². The molecule has 3 heteroatoms. The quantitative estimate of drug-likeness (QED) is 0.745. The van der Waals surface area contributed by atoms with Gasteiger partial charge in [-0.1, -0.05) is 46.3 Å². The maximum Gasteiger partial charge on any atom is 0.107 e. The van der Waals surface area contributed by atoms with Crippen LogP contribution in [0.15, 0.2) is 12.3 Å². The fourth-order valence-corrected chi connectivity index (χ4v) is 4.35. The normalized spacial score (nSPS) is 13.4. The minimum atomic E-state index is -1.35. The Bertz CT molecular complexity index is 359. The van der Waals surface area contributed by atoms with Gasteiger partial charge in [-0.25, -0.2) is 0 Å². The second-order valence-electron chi connectivity index (χ2n) is 7.22. The highest BCUT2D eigenvalue weighted by Crippen LogP contribution is 2.25. The maximum atomic E-state index is 4.76. The topological polar surface area (TPSA) is 17.8 Å². The highest BCUT2D eigenvalue weighted by molar-refractivity contribution is 6.89.